The summed E-state index contributed by atoms with van der Waals surface area (Å²) in [6, 6.07) is 3.32. The van der Waals surface area contributed by atoms with Gasteiger partial charge < -0.3 is 5.32 Å². The Morgan fingerprint density at radius 3 is 2.60 bits per heavy atom. The summed E-state index contributed by atoms with van der Waals surface area (Å²) in [4.78, 5) is 9.86. The van der Waals surface area contributed by atoms with E-state index in [0.717, 1.165) is 6.07 Å². The van der Waals surface area contributed by atoms with Crippen molar-refractivity contribution in [3.8, 4) is 0 Å². The monoisotopic (exact) mass is 306 g/mol. The van der Waals surface area contributed by atoms with Crippen molar-refractivity contribution >= 4 is 22.2 Å². The van der Waals surface area contributed by atoms with Gasteiger partial charge in [-0.05, 0) is 12.5 Å². The number of nitro benzene ring substituents is 1. The zero-order valence-electron chi connectivity index (χ0n) is 11.1. The van der Waals surface area contributed by atoms with Crippen LogP contribution in [0.3, 0.4) is 0 Å². The third kappa shape index (κ3) is 4.52. The molecule has 1 N–H and O–H groups in total. The van der Waals surface area contributed by atoms with E-state index in [-0.39, 0.29) is 16.6 Å². The number of alkyl halides is 2. The molecular formula is C12H16F2N2O3S. The van der Waals surface area contributed by atoms with Gasteiger partial charge in [-0.15, -0.1) is 0 Å². The number of nitrogens with one attached hydrogen (secondary N) is 1. The molecule has 1 rings (SSSR count). The fourth-order valence-corrected chi connectivity index (χ4v) is 2.03. The number of anilines is 1. The summed E-state index contributed by atoms with van der Waals surface area (Å²) in [5, 5.41) is 13.3. The van der Waals surface area contributed by atoms with E-state index < -0.39 is 27.7 Å². The van der Waals surface area contributed by atoms with E-state index in [4.69, 9.17) is 0 Å². The minimum Gasteiger partial charge on any atom is -0.385 e. The Morgan fingerprint density at radius 1 is 1.45 bits per heavy atom. The van der Waals surface area contributed by atoms with Gasteiger partial charge in [-0.3, -0.25) is 14.3 Å². The number of hydrogen-bond acceptors (Lipinski definition) is 4. The predicted molar refractivity (Wildman–Crippen MR) is 74.7 cm³/mol. The third-order valence-electron chi connectivity index (χ3n) is 2.91. The maximum atomic E-state index is 12.9. The summed E-state index contributed by atoms with van der Waals surface area (Å²) in [5.74, 6) is 0. The smallest absolute Gasteiger partial charge is 0.270 e. The molecule has 1 aromatic rings. The average molecular weight is 306 g/mol. The van der Waals surface area contributed by atoms with E-state index in [1.807, 2.05) is 6.92 Å². The van der Waals surface area contributed by atoms with Crippen molar-refractivity contribution in [2.24, 2.45) is 0 Å². The Kier molecular flexibility index (Phi) is 6.00. The van der Waals surface area contributed by atoms with Crippen molar-refractivity contribution in [1.82, 2.24) is 0 Å². The highest BCUT2D eigenvalue weighted by atomic mass is 32.2. The number of nitro groups is 1. The minimum atomic E-state index is -2.80. The van der Waals surface area contributed by atoms with Crippen molar-refractivity contribution < 1.29 is 17.9 Å². The molecule has 0 spiro atoms. The molecule has 2 unspecified atom stereocenters. The van der Waals surface area contributed by atoms with Crippen LogP contribution in [0.1, 0.15) is 25.3 Å². The van der Waals surface area contributed by atoms with Crippen LogP contribution in [0.4, 0.5) is 20.2 Å². The molecule has 0 aromatic heterocycles. The second-order valence-electron chi connectivity index (χ2n) is 4.35. The zero-order valence-corrected chi connectivity index (χ0v) is 12.0. The van der Waals surface area contributed by atoms with Crippen molar-refractivity contribution in [2.75, 3.05) is 18.1 Å². The lowest BCUT2D eigenvalue weighted by molar-refractivity contribution is -0.385. The molecule has 0 heterocycles. The molecule has 0 fully saturated rings. The summed E-state index contributed by atoms with van der Waals surface area (Å²) in [6.45, 7) is 2.18. The van der Waals surface area contributed by atoms with Gasteiger partial charge in [0.1, 0.15) is 0 Å². The van der Waals surface area contributed by atoms with Crippen LogP contribution in [0.15, 0.2) is 18.2 Å². The van der Waals surface area contributed by atoms with E-state index >= 15 is 0 Å². The van der Waals surface area contributed by atoms with Gasteiger partial charge >= 0.3 is 0 Å². The van der Waals surface area contributed by atoms with Gasteiger partial charge in [0.2, 0.25) is 0 Å². The molecule has 0 aliphatic rings. The number of halogens is 2. The van der Waals surface area contributed by atoms with Crippen LogP contribution < -0.4 is 5.32 Å². The fraction of sp³-hybridized carbons (Fsp3) is 0.500. The minimum absolute atomic E-state index is 0.0458. The van der Waals surface area contributed by atoms with E-state index in [0.29, 0.717) is 13.0 Å². The van der Waals surface area contributed by atoms with Crippen LogP contribution in [-0.2, 0) is 10.8 Å². The molecule has 0 bridgehead atoms. The van der Waals surface area contributed by atoms with Gasteiger partial charge in [0.25, 0.3) is 12.1 Å². The van der Waals surface area contributed by atoms with Gasteiger partial charge in [-0.1, -0.05) is 6.92 Å². The molecule has 112 valence electrons. The highest BCUT2D eigenvalue weighted by molar-refractivity contribution is 7.84. The molecule has 0 aliphatic heterocycles. The molecule has 0 aliphatic carbocycles. The van der Waals surface area contributed by atoms with Crippen molar-refractivity contribution in [3.05, 3.63) is 33.9 Å². The molecule has 2 atom stereocenters. The molecule has 0 saturated heterocycles. The first-order valence-corrected chi connectivity index (χ1v) is 7.57. The highest BCUT2D eigenvalue weighted by Gasteiger charge is 2.18. The molecule has 0 radical (unpaired) electrons. The molecule has 1 aromatic carbocycles. The zero-order chi connectivity index (χ0) is 15.3. The number of non-ortho nitro benzene ring substituents is 1. The van der Waals surface area contributed by atoms with Crippen LogP contribution in [0.25, 0.3) is 0 Å². The topological polar surface area (TPSA) is 72.2 Å². The largest absolute Gasteiger partial charge is 0.385 e. The molecule has 20 heavy (non-hydrogen) atoms. The summed E-state index contributed by atoms with van der Waals surface area (Å²) in [5.41, 5.74) is -0.599. The number of rotatable bonds is 7. The number of benzene rings is 1. The van der Waals surface area contributed by atoms with Gasteiger partial charge in [0.15, 0.2) is 0 Å². The first-order chi connectivity index (χ1) is 9.32. The van der Waals surface area contributed by atoms with E-state index in [2.05, 4.69) is 5.32 Å². The first kappa shape index (κ1) is 16.5. The van der Waals surface area contributed by atoms with Crippen LogP contribution in [0, 0.1) is 10.1 Å². The fourth-order valence-electron chi connectivity index (χ4n) is 1.58. The Hall–Kier alpha value is -1.57. The third-order valence-corrected chi connectivity index (χ3v) is 4.28. The summed E-state index contributed by atoms with van der Waals surface area (Å²) < 4.78 is 36.9. The standard InChI is InChI=1S/C12H16F2N2O3S/c1-8(20(2)19)5-6-15-11-4-3-9(16(17)18)7-10(11)12(13)14/h3-4,7-8,12,15H,5-6H2,1-2H3. The van der Waals surface area contributed by atoms with Crippen LogP contribution >= 0.6 is 0 Å². The van der Waals surface area contributed by atoms with Gasteiger partial charge in [0, 0.05) is 52.2 Å². The number of hydrogen-bond donors (Lipinski definition) is 1. The summed E-state index contributed by atoms with van der Waals surface area (Å²) in [7, 11) is -0.970. The van der Waals surface area contributed by atoms with Gasteiger partial charge in [0.05, 0.1) is 4.92 Å². The maximum Gasteiger partial charge on any atom is 0.270 e. The molecule has 0 amide bonds. The Morgan fingerprint density at radius 2 is 2.10 bits per heavy atom. The van der Waals surface area contributed by atoms with Gasteiger partial charge in [-0.2, -0.15) is 0 Å². The second kappa shape index (κ2) is 7.28. The van der Waals surface area contributed by atoms with Crippen LogP contribution in [0.5, 0.6) is 0 Å². The lowest BCUT2D eigenvalue weighted by Crippen LogP contribution is -2.15. The lowest BCUT2D eigenvalue weighted by Gasteiger charge is -2.13. The number of nitrogens with zero attached hydrogens (tertiary/aromatic N) is 1. The Bertz CT molecular complexity index is 511. The molecule has 5 nitrogen and oxygen atoms in total. The molecule has 8 heteroatoms. The summed E-state index contributed by atoms with van der Waals surface area (Å²) >= 11 is 0. The molecular weight excluding hydrogens is 290 g/mol. The average Bonchev–Trinajstić information content (AvgIpc) is 2.38. The van der Waals surface area contributed by atoms with E-state index in [1.54, 1.807) is 6.26 Å². The van der Waals surface area contributed by atoms with Crippen LogP contribution in [0.2, 0.25) is 0 Å². The van der Waals surface area contributed by atoms with Gasteiger partial charge in [-0.25, -0.2) is 8.78 Å². The van der Waals surface area contributed by atoms with Crippen molar-refractivity contribution in [2.45, 2.75) is 25.0 Å². The molecule has 0 saturated carbocycles. The van der Waals surface area contributed by atoms with E-state index in [9.17, 15) is 23.1 Å². The van der Waals surface area contributed by atoms with Crippen molar-refractivity contribution in [1.29, 1.82) is 0 Å². The normalized spacial score (nSPS) is 14.1. The van der Waals surface area contributed by atoms with E-state index in [1.165, 1.54) is 12.1 Å². The van der Waals surface area contributed by atoms with Crippen LogP contribution in [-0.4, -0.2) is 27.2 Å². The summed E-state index contributed by atoms with van der Waals surface area (Å²) in [6.07, 6.45) is -0.653. The predicted octanol–water partition coefficient (Wildman–Crippen LogP) is 3.10. The second-order valence-corrected chi connectivity index (χ2v) is 6.16. The highest BCUT2D eigenvalue weighted by Crippen LogP contribution is 2.30. The lowest BCUT2D eigenvalue weighted by atomic mass is 10.1. The Balaban J connectivity index is 2.79. The first-order valence-electron chi connectivity index (χ1n) is 5.95. The van der Waals surface area contributed by atoms with Crippen molar-refractivity contribution in [3.63, 3.8) is 0 Å². The Labute approximate surface area is 118 Å². The quantitative estimate of drug-likeness (QED) is 0.620. The maximum absolute atomic E-state index is 12.9. The SMILES string of the molecule is CC(CCNc1ccc([N+](=O)[O-])cc1C(F)F)S(C)=O.